The highest BCUT2D eigenvalue weighted by molar-refractivity contribution is 5.21. The van der Waals surface area contributed by atoms with Crippen LogP contribution in [0.2, 0.25) is 0 Å². The summed E-state index contributed by atoms with van der Waals surface area (Å²) in [5.41, 5.74) is 2.20. The summed E-state index contributed by atoms with van der Waals surface area (Å²) >= 11 is 0. The fourth-order valence-corrected chi connectivity index (χ4v) is 1.07. The Morgan fingerprint density at radius 1 is 1.92 bits per heavy atom. The van der Waals surface area contributed by atoms with Crippen LogP contribution in [0.5, 0.6) is 0 Å². The topological polar surface area (TPSA) is 90.1 Å². The van der Waals surface area contributed by atoms with Gasteiger partial charge in [-0.25, -0.2) is 4.98 Å². The van der Waals surface area contributed by atoms with Crippen LogP contribution >= 0.6 is 0 Å². The van der Waals surface area contributed by atoms with E-state index in [9.17, 15) is 5.21 Å². The predicted molar refractivity (Wildman–Crippen MR) is 41.7 cm³/mol. The molecule has 1 fully saturated rings. The van der Waals surface area contributed by atoms with E-state index in [1.54, 1.807) is 17.0 Å². The third kappa shape index (κ3) is 2.16. The van der Waals surface area contributed by atoms with E-state index < -0.39 is 5.34 Å². The molecule has 3 N–H and O–H groups in total. The first-order chi connectivity index (χ1) is 6.25. The van der Waals surface area contributed by atoms with Crippen molar-refractivity contribution < 1.29 is 15.3 Å². The Bertz CT molecular complexity index is 265. The van der Waals surface area contributed by atoms with E-state index in [0.29, 0.717) is 12.5 Å². The van der Waals surface area contributed by atoms with Gasteiger partial charge in [0.15, 0.2) is 0 Å². The molecule has 1 aromatic heterocycles. The number of anilines is 1. The van der Waals surface area contributed by atoms with Gasteiger partial charge in [-0.05, 0) is 0 Å². The molecule has 7 heteroatoms. The van der Waals surface area contributed by atoms with Crippen LogP contribution in [-0.4, -0.2) is 27.5 Å². The lowest BCUT2D eigenvalue weighted by molar-refractivity contribution is -1.03. The van der Waals surface area contributed by atoms with Crippen molar-refractivity contribution in [3.8, 4) is 0 Å². The molecule has 2 unspecified atom stereocenters. The quantitative estimate of drug-likeness (QED) is 0.388. The van der Waals surface area contributed by atoms with Crippen LogP contribution in [0.15, 0.2) is 12.4 Å². The molecule has 0 bridgehead atoms. The summed E-state index contributed by atoms with van der Waals surface area (Å²) in [5.74, 6) is 0.336. The molecule has 1 aromatic rings. The number of hydrogen-bond acceptors (Lipinski definition) is 5. The van der Waals surface area contributed by atoms with Crippen LogP contribution in [0.1, 0.15) is 0 Å². The maximum absolute atomic E-state index is 10.3. The van der Waals surface area contributed by atoms with Crippen molar-refractivity contribution in [1.29, 1.82) is 0 Å². The summed E-state index contributed by atoms with van der Waals surface area (Å²) in [5, 5.41) is 17.7. The van der Waals surface area contributed by atoms with Crippen LogP contribution in [0, 0.1) is 5.21 Å². The minimum Gasteiger partial charge on any atom is -0.574 e. The molecule has 1 saturated heterocycles. The molecule has 0 amide bonds. The Morgan fingerprint density at radius 3 is 3.31 bits per heavy atom. The smallest absolute Gasteiger partial charge is 0.252 e. The fourth-order valence-electron chi connectivity index (χ4n) is 1.07. The second-order valence-corrected chi connectivity index (χ2v) is 2.79. The molecule has 2 rings (SSSR count). The molecule has 0 saturated carbocycles. The Labute approximate surface area is 74.0 Å². The predicted octanol–water partition coefficient (Wildman–Crippen LogP) is -1.62. The zero-order chi connectivity index (χ0) is 9.26. The highest BCUT2D eigenvalue weighted by atomic mass is 16.8. The summed E-state index contributed by atoms with van der Waals surface area (Å²) in [6, 6.07) is 0. The number of rotatable bonds is 4. The van der Waals surface area contributed by atoms with Gasteiger partial charge in [0.2, 0.25) is 0 Å². The zero-order valence-electron chi connectivity index (χ0n) is 6.80. The number of hydrogen-bond donors (Lipinski definition) is 3. The Kier molecular flexibility index (Phi) is 2.15. The van der Waals surface area contributed by atoms with E-state index in [1.165, 1.54) is 0 Å². The van der Waals surface area contributed by atoms with E-state index in [2.05, 4.69) is 10.4 Å². The van der Waals surface area contributed by atoms with E-state index in [0.717, 1.165) is 6.61 Å². The van der Waals surface area contributed by atoms with Gasteiger partial charge in [0.1, 0.15) is 0 Å². The van der Waals surface area contributed by atoms with E-state index >= 15 is 0 Å². The van der Waals surface area contributed by atoms with Gasteiger partial charge in [-0.1, -0.05) is 0 Å². The average molecular weight is 186 g/mol. The lowest BCUT2D eigenvalue weighted by Crippen LogP contribution is -3.08. The molecule has 0 spiro atoms. The van der Waals surface area contributed by atoms with Crippen LogP contribution in [0.25, 0.3) is 0 Å². The summed E-state index contributed by atoms with van der Waals surface area (Å²) < 4.78 is 6.73. The second kappa shape index (κ2) is 3.30. The minimum absolute atomic E-state index is 0.212. The number of nitrogens with zero attached hydrogens (tertiary/aromatic N) is 2. The van der Waals surface area contributed by atoms with Gasteiger partial charge < -0.3 is 14.5 Å². The van der Waals surface area contributed by atoms with Crippen LogP contribution in [-0.2, 0) is 11.3 Å². The number of quaternary nitrogens is 1. The first-order valence-corrected chi connectivity index (χ1v) is 3.88. The molecule has 1 aliphatic rings. The van der Waals surface area contributed by atoms with Crippen molar-refractivity contribution in [2.45, 2.75) is 12.6 Å². The molecule has 0 aromatic carbocycles. The SMILES string of the molecule is [O-][NH+](O)Nc1nccn1CC1CO1. The van der Waals surface area contributed by atoms with Crippen LogP contribution in [0.4, 0.5) is 5.95 Å². The lowest BCUT2D eigenvalue weighted by atomic mass is 10.5. The Morgan fingerprint density at radius 2 is 2.69 bits per heavy atom. The molecule has 2 heterocycles. The van der Waals surface area contributed by atoms with Crippen molar-refractivity contribution in [3.05, 3.63) is 17.6 Å². The number of imidazole rings is 1. The van der Waals surface area contributed by atoms with Crippen molar-refractivity contribution in [1.82, 2.24) is 9.55 Å². The summed E-state index contributed by atoms with van der Waals surface area (Å²) in [4.78, 5) is 3.85. The standard InChI is InChI=1S/C6H10N4O3/c11-10(12)8-6-7-1-2-9(6)3-5-4-13-5/h1-2,5,10-11H,3-4H2,(H,7,8). The summed E-state index contributed by atoms with van der Waals surface area (Å²) in [6.45, 7) is 1.39. The maximum atomic E-state index is 10.3. The van der Waals surface area contributed by atoms with Gasteiger partial charge in [0.25, 0.3) is 5.95 Å². The molecule has 2 atom stereocenters. The van der Waals surface area contributed by atoms with Crippen molar-refractivity contribution in [3.63, 3.8) is 0 Å². The Hall–Kier alpha value is -1.15. The molecule has 13 heavy (non-hydrogen) atoms. The lowest BCUT2D eigenvalue weighted by Gasteiger charge is -2.13. The zero-order valence-corrected chi connectivity index (χ0v) is 6.80. The van der Waals surface area contributed by atoms with Crippen LogP contribution in [0.3, 0.4) is 0 Å². The van der Waals surface area contributed by atoms with E-state index in [4.69, 9.17) is 9.94 Å². The highest BCUT2D eigenvalue weighted by Crippen LogP contribution is 2.13. The molecule has 0 radical (unpaired) electrons. The first kappa shape index (κ1) is 8.45. The van der Waals surface area contributed by atoms with Crippen LogP contribution < -0.4 is 10.8 Å². The van der Waals surface area contributed by atoms with Gasteiger partial charge in [-0.3, -0.25) is 0 Å². The molecule has 1 aliphatic heterocycles. The largest absolute Gasteiger partial charge is 0.574 e. The number of epoxide rings is 1. The van der Waals surface area contributed by atoms with E-state index in [-0.39, 0.29) is 6.10 Å². The minimum atomic E-state index is -1.11. The van der Waals surface area contributed by atoms with Gasteiger partial charge >= 0.3 is 0 Å². The third-order valence-corrected chi connectivity index (χ3v) is 1.74. The molecule has 7 nitrogen and oxygen atoms in total. The third-order valence-electron chi connectivity index (χ3n) is 1.74. The monoisotopic (exact) mass is 186 g/mol. The van der Waals surface area contributed by atoms with Gasteiger partial charge in [-0.15, -0.1) is 5.34 Å². The average Bonchev–Trinajstić information content (AvgIpc) is 2.75. The molecular weight excluding hydrogens is 176 g/mol. The summed E-state index contributed by atoms with van der Waals surface area (Å²) in [7, 11) is 0. The number of ether oxygens (including phenoxy) is 1. The molecule has 72 valence electrons. The van der Waals surface area contributed by atoms with Gasteiger partial charge in [-0.2, -0.15) is 10.6 Å². The Balaban J connectivity index is 2.01. The number of aromatic nitrogens is 2. The number of nitrogens with one attached hydrogen (secondary N) is 2. The molecular formula is C6H10N4O3. The van der Waals surface area contributed by atoms with E-state index in [1.807, 2.05) is 0 Å². The van der Waals surface area contributed by atoms with Crippen molar-refractivity contribution in [2.24, 2.45) is 0 Å². The van der Waals surface area contributed by atoms with Gasteiger partial charge in [0, 0.05) is 12.4 Å². The van der Waals surface area contributed by atoms with Crippen molar-refractivity contribution >= 4 is 5.95 Å². The maximum Gasteiger partial charge on any atom is 0.252 e. The first-order valence-electron chi connectivity index (χ1n) is 3.88. The fraction of sp³-hybridized carbons (Fsp3) is 0.500. The second-order valence-electron chi connectivity index (χ2n) is 2.79. The van der Waals surface area contributed by atoms with Gasteiger partial charge in [0.05, 0.1) is 19.3 Å². The van der Waals surface area contributed by atoms with Crippen molar-refractivity contribution in [2.75, 3.05) is 12.0 Å². The molecule has 0 aliphatic carbocycles. The summed E-state index contributed by atoms with van der Waals surface area (Å²) in [6.07, 6.45) is 3.48. The highest BCUT2D eigenvalue weighted by Gasteiger charge is 2.23. The normalized spacial score (nSPS) is 22.8.